The fraction of sp³-hybridized carbons (Fsp3) is 0.429. The highest BCUT2D eigenvalue weighted by Gasteiger charge is 2.16. The highest BCUT2D eigenvalue weighted by atomic mass is 35.5. The van der Waals surface area contributed by atoms with Crippen molar-refractivity contribution in [3.63, 3.8) is 0 Å². The van der Waals surface area contributed by atoms with E-state index in [-0.39, 0.29) is 11.2 Å². The predicted molar refractivity (Wildman–Crippen MR) is 85.9 cm³/mol. The van der Waals surface area contributed by atoms with Gasteiger partial charge in [-0.05, 0) is 31.5 Å². The Bertz CT molecular complexity index is 617. The summed E-state index contributed by atoms with van der Waals surface area (Å²) in [5, 5.41) is 4.03. The van der Waals surface area contributed by atoms with Gasteiger partial charge < -0.3 is 15.0 Å². The first-order valence-electron chi connectivity index (χ1n) is 6.68. The number of hydrogen-bond donors (Lipinski definition) is 2. The zero-order valence-electron chi connectivity index (χ0n) is 12.0. The number of carbonyl (C=O) groups excluding carboxylic acids is 1. The number of nitrogens with zero attached hydrogens (tertiary/aromatic N) is 1. The van der Waals surface area contributed by atoms with Crippen molar-refractivity contribution in [1.82, 2.24) is 15.3 Å². The maximum Gasteiger partial charge on any atom is 0.233 e. The van der Waals surface area contributed by atoms with Crippen LogP contribution < -0.4 is 5.32 Å². The van der Waals surface area contributed by atoms with Crippen molar-refractivity contribution in [1.29, 1.82) is 0 Å². The van der Waals surface area contributed by atoms with Crippen LogP contribution in [-0.4, -0.2) is 41.4 Å². The predicted octanol–water partition coefficient (Wildman–Crippen LogP) is 2.85. The van der Waals surface area contributed by atoms with E-state index < -0.39 is 0 Å². The van der Waals surface area contributed by atoms with Crippen molar-refractivity contribution in [3.05, 3.63) is 23.2 Å². The van der Waals surface area contributed by atoms with Crippen molar-refractivity contribution in [3.8, 4) is 0 Å². The van der Waals surface area contributed by atoms with Crippen molar-refractivity contribution in [2.75, 3.05) is 20.3 Å². The molecule has 1 heterocycles. The number of ether oxygens (including phenoxy) is 1. The average molecular weight is 328 g/mol. The quantitative estimate of drug-likeness (QED) is 0.606. The summed E-state index contributed by atoms with van der Waals surface area (Å²) in [4.78, 5) is 19.5. The maximum atomic E-state index is 11.9. The molecule has 0 saturated heterocycles. The normalized spacial score (nSPS) is 12.5. The lowest BCUT2D eigenvalue weighted by Crippen LogP contribution is -2.32. The number of hydrogen-bond acceptors (Lipinski definition) is 4. The molecule has 5 nitrogen and oxygen atoms in total. The zero-order valence-corrected chi connectivity index (χ0v) is 13.6. The number of benzene rings is 1. The number of H-pyrrole nitrogens is 1. The van der Waals surface area contributed by atoms with Crippen molar-refractivity contribution < 1.29 is 9.53 Å². The molecular formula is C14H18ClN3O2S. The first-order valence-corrected chi connectivity index (χ1v) is 7.94. The highest BCUT2D eigenvalue weighted by molar-refractivity contribution is 8.00. The third-order valence-corrected chi connectivity index (χ3v) is 4.12. The molecule has 2 aromatic rings. The number of aromatic amines is 1. The van der Waals surface area contributed by atoms with Gasteiger partial charge in [0.05, 0.1) is 16.3 Å². The molecule has 0 fully saturated rings. The van der Waals surface area contributed by atoms with Gasteiger partial charge >= 0.3 is 0 Å². The Morgan fingerprint density at radius 3 is 3.14 bits per heavy atom. The Morgan fingerprint density at radius 2 is 2.38 bits per heavy atom. The zero-order chi connectivity index (χ0) is 15.2. The lowest BCUT2D eigenvalue weighted by molar-refractivity contribution is -0.120. The Morgan fingerprint density at radius 1 is 1.57 bits per heavy atom. The van der Waals surface area contributed by atoms with E-state index in [0.717, 1.165) is 17.5 Å². The summed E-state index contributed by atoms with van der Waals surface area (Å²) in [6, 6.07) is 5.47. The van der Waals surface area contributed by atoms with E-state index in [2.05, 4.69) is 15.3 Å². The van der Waals surface area contributed by atoms with Crippen LogP contribution in [0.1, 0.15) is 13.3 Å². The second-order valence-corrected chi connectivity index (χ2v) is 6.37. The van der Waals surface area contributed by atoms with Crippen LogP contribution >= 0.6 is 23.4 Å². The van der Waals surface area contributed by atoms with Crippen LogP contribution in [0.25, 0.3) is 11.0 Å². The molecule has 0 spiro atoms. The molecule has 0 aliphatic carbocycles. The lowest BCUT2D eigenvalue weighted by atomic mass is 10.3. The summed E-state index contributed by atoms with van der Waals surface area (Å²) in [6.07, 6.45) is 0.808. The maximum absolute atomic E-state index is 11.9. The molecular weight excluding hydrogens is 310 g/mol. The SMILES string of the molecule is COCCCNC(=O)C(C)Sc1nc2ccc(Cl)cc2[nH]1. The van der Waals surface area contributed by atoms with Crippen molar-refractivity contribution in [2.45, 2.75) is 23.8 Å². The minimum absolute atomic E-state index is 0.00501. The van der Waals surface area contributed by atoms with E-state index in [4.69, 9.17) is 16.3 Å². The molecule has 0 aliphatic heterocycles. The van der Waals surface area contributed by atoms with Crippen LogP contribution in [0.15, 0.2) is 23.4 Å². The minimum atomic E-state index is -0.219. The van der Waals surface area contributed by atoms with E-state index in [1.165, 1.54) is 11.8 Å². The van der Waals surface area contributed by atoms with Gasteiger partial charge in [-0.3, -0.25) is 4.79 Å². The van der Waals surface area contributed by atoms with Gasteiger partial charge in [-0.1, -0.05) is 23.4 Å². The summed E-state index contributed by atoms with van der Waals surface area (Å²) in [5.74, 6) is -0.00501. The van der Waals surface area contributed by atoms with Crippen LogP contribution in [0.3, 0.4) is 0 Å². The van der Waals surface area contributed by atoms with Crippen LogP contribution in [0.5, 0.6) is 0 Å². The third kappa shape index (κ3) is 4.62. The minimum Gasteiger partial charge on any atom is -0.385 e. The van der Waals surface area contributed by atoms with E-state index in [1.807, 2.05) is 19.1 Å². The summed E-state index contributed by atoms with van der Waals surface area (Å²) in [7, 11) is 1.65. The van der Waals surface area contributed by atoms with E-state index >= 15 is 0 Å². The smallest absolute Gasteiger partial charge is 0.233 e. The molecule has 7 heteroatoms. The number of nitrogens with one attached hydrogen (secondary N) is 2. The number of thioether (sulfide) groups is 1. The number of carbonyl (C=O) groups is 1. The van der Waals surface area contributed by atoms with Gasteiger partial charge in [0, 0.05) is 25.3 Å². The first-order chi connectivity index (χ1) is 10.1. The highest BCUT2D eigenvalue weighted by Crippen LogP contribution is 2.25. The molecule has 0 saturated carbocycles. The Balaban J connectivity index is 1.91. The van der Waals surface area contributed by atoms with Gasteiger partial charge in [0.2, 0.25) is 5.91 Å². The Labute approximate surface area is 132 Å². The fourth-order valence-corrected chi connectivity index (χ4v) is 2.82. The second-order valence-electron chi connectivity index (χ2n) is 4.60. The van der Waals surface area contributed by atoms with Crippen molar-refractivity contribution in [2.24, 2.45) is 0 Å². The first kappa shape index (κ1) is 16.1. The van der Waals surface area contributed by atoms with Crippen molar-refractivity contribution >= 4 is 40.3 Å². The van der Waals surface area contributed by atoms with Gasteiger partial charge in [0.25, 0.3) is 0 Å². The largest absolute Gasteiger partial charge is 0.385 e. The molecule has 1 aromatic carbocycles. The molecule has 1 atom stereocenters. The Hall–Kier alpha value is -1.24. The summed E-state index contributed by atoms with van der Waals surface area (Å²) >= 11 is 7.33. The summed E-state index contributed by atoms with van der Waals surface area (Å²) in [6.45, 7) is 3.12. The number of imidazole rings is 1. The van der Waals surface area contributed by atoms with Crippen LogP contribution in [0.4, 0.5) is 0 Å². The molecule has 0 aliphatic rings. The number of halogens is 1. The molecule has 21 heavy (non-hydrogen) atoms. The van der Waals surface area contributed by atoms with Gasteiger partial charge in [-0.15, -0.1) is 0 Å². The van der Waals surface area contributed by atoms with Gasteiger partial charge in [-0.25, -0.2) is 4.98 Å². The average Bonchev–Trinajstić information content (AvgIpc) is 2.84. The number of aromatic nitrogens is 2. The monoisotopic (exact) mass is 327 g/mol. The number of amides is 1. The van der Waals surface area contributed by atoms with E-state index in [9.17, 15) is 4.79 Å². The van der Waals surface area contributed by atoms with Crippen LogP contribution in [-0.2, 0) is 9.53 Å². The molecule has 1 unspecified atom stereocenters. The number of fused-ring (bicyclic) bond motifs is 1. The summed E-state index contributed by atoms with van der Waals surface area (Å²) in [5.41, 5.74) is 1.72. The van der Waals surface area contributed by atoms with Crippen LogP contribution in [0.2, 0.25) is 5.02 Å². The fourth-order valence-electron chi connectivity index (χ4n) is 1.81. The second kappa shape index (κ2) is 7.68. The molecule has 1 amide bonds. The van der Waals surface area contributed by atoms with Crippen LogP contribution in [0, 0.1) is 0 Å². The van der Waals surface area contributed by atoms with E-state index in [0.29, 0.717) is 23.3 Å². The lowest BCUT2D eigenvalue weighted by Gasteiger charge is -2.10. The topological polar surface area (TPSA) is 67.0 Å². The molecule has 2 N–H and O–H groups in total. The molecule has 0 radical (unpaired) electrons. The molecule has 2 rings (SSSR count). The van der Waals surface area contributed by atoms with Gasteiger partial charge in [-0.2, -0.15) is 0 Å². The number of rotatable bonds is 7. The molecule has 114 valence electrons. The van der Waals surface area contributed by atoms with Gasteiger partial charge in [0.1, 0.15) is 0 Å². The standard InChI is InChI=1S/C14H18ClN3O2S/c1-9(13(19)16-6-3-7-20-2)21-14-17-11-5-4-10(15)8-12(11)18-14/h4-5,8-9H,3,6-7H2,1-2H3,(H,16,19)(H,17,18). The van der Waals surface area contributed by atoms with E-state index in [1.54, 1.807) is 13.2 Å². The van der Waals surface area contributed by atoms with Gasteiger partial charge in [0.15, 0.2) is 5.16 Å². The Kier molecular flexibility index (Phi) is 5.90. The molecule has 0 bridgehead atoms. The molecule has 1 aromatic heterocycles. The third-order valence-electron chi connectivity index (χ3n) is 2.90. The summed E-state index contributed by atoms with van der Waals surface area (Å²) < 4.78 is 4.94. The number of methoxy groups -OCH3 is 1.